The molecule has 1 aromatic heterocycles. The topological polar surface area (TPSA) is 77.2 Å². The molecule has 1 heterocycles. The zero-order valence-corrected chi connectivity index (χ0v) is 12.4. The molecule has 7 heteroatoms. The summed E-state index contributed by atoms with van der Waals surface area (Å²) in [6.07, 6.45) is 0. The van der Waals surface area contributed by atoms with Crippen LogP contribution in [0, 0.1) is 12.7 Å². The highest BCUT2D eigenvalue weighted by Gasteiger charge is 2.15. The summed E-state index contributed by atoms with van der Waals surface area (Å²) in [5, 5.41) is 3.40. The first-order valence-electron chi connectivity index (χ1n) is 6.43. The highest BCUT2D eigenvalue weighted by Crippen LogP contribution is 2.20. The van der Waals surface area contributed by atoms with Crippen molar-refractivity contribution in [2.24, 2.45) is 5.73 Å². The van der Waals surface area contributed by atoms with Crippen molar-refractivity contribution in [2.45, 2.75) is 13.5 Å². The Hall–Kier alpha value is -1.99. The van der Waals surface area contributed by atoms with Gasteiger partial charge in [0.25, 0.3) is 5.91 Å². The number of hydrogen-bond donors (Lipinski definition) is 2. The van der Waals surface area contributed by atoms with Crippen LogP contribution in [0.5, 0.6) is 5.75 Å². The van der Waals surface area contributed by atoms with Crippen LogP contribution in [0.25, 0.3) is 0 Å². The van der Waals surface area contributed by atoms with Crippen molar-refractivity contribution in [3.63, 3.8) is 0 Å². The Morgan fingerprint density at radius 3 is 2.81 bits per heavy atom. The van der Waals surface area contributed by atoms with E-state index in [1.165, 1.54) is 23.5 Å². The molecular weight excluding hydrogens is 293 g/mol. The van der Waals surface area contributed by atoms with Crippen LogP contribution in [0.3, 0.4) is 0 Å². The van der Waals surface area contributed by atoms with Crippen LogP contribution in [0.2, 0.25) is 0 Å². The molecule has 0 aliphatic carbocycles. The van der Waals surface area contributed by atoms with Crippen molar-refractivity contribution < 1.29 is 13.9 Å². The molecule has 5 nitrogen and oxygen atoms in total. The number of aromatic nitrogens is 1. The number of nitrogens with one attached hydrogen (secondary N) is 1. The molecule has 112 valence electrons. The first-order chi connectivity index (χ1) is 10.1. The molecule has 0 bridgehead atoms. The fourth-order valence-electron chi connectivity index (χ4n) is 1.67. The molecule has 0 saturated heterocycles. The summed E-state index contributed by atoms with van der Waals surface area (Å²) in [7, 11) is 0. The van der Waals surface area contributed by atoms with E-state index in [-0.39, 0.29) is 18.3 Å². The molecule has 0 radical (unpaired) electrons. The third-order valence-corrected chi connectivity index (χ3v) is 3.78. The molecule has 0 spiro atoms. The van der Waals surface area contributed by atoms with E-state index in [0.717, 1.165) is 0 Å². The maximum atomic E-state index is 12.8. The van der Waals surface area contributed by atoms with Gasteiger partial charge in [-0.25, -0.2) is 9.37 Å². The quantitative estimate of drug-likeness (QED) is 0.854. The number of hydrogen-bond acceptors (Lipinski definition) is 5. The lowest BCUT2D eigenvalue weighted by molar-refractivity contribution is 0.0958. The van der Waals surface area contributed by atoms with Gasteiger partial charge in [0.05, 0.1) is 5.69 Å². The molecule has 0 atom stereocenters. The third-order valence-electron chi connectivity index (χ3n) is 2.65. The fraction of sp³-hybridized carbons (Fsp3) is 0.286. The molecule has 0 unspecified atom stereocenters. The molecule has 0 saturated carbocycles. The minimum Gasteiger partial charge on any atom is -0.486 e. The highest BCUT2D eigenvalue weighted by atomic mass is 32.1. The van der Waals surface area contributed by atoms with E-state index in [4.69, 9.17) is 10.5 Å². The van der Waals surface area contributed by atoms with Crippen LogP contribution in [0.15, 0.2) is 24.3 Å². The van der Waals surface area contributed by atoms with Crippen molar-refractivity contribution in [3.05, 3.63) is 45.7 Å². The minimum atomic E-state index is -0.314. The second-order valence-electron chi connectivity index (χ2n) is 4.31. The van der Waals surface area contributed by atoms with E-state index in [2.05, 4.69) is 10.3 Å². The van der Waals surface area contributed by atoms with Gasteiger partial charge in [-0.15, -0.1) is 11.3 Å². The van der Waals surface area contributed by atoms with Crippen molar-refractivity contribution in [3.8, 4) is 5.75 Å². The fourth-order valence-corrected chi connectivity index (χ4v) is 2.56. The van der Waals surface area contributed by atoms with Crippen LogP contribution in [-0.4, -0.2) is 24.0 Å². The predicted molar refractivity (Wildman–Crippen MR) is 79.0 cm³/mol. The molecule has 0 fully saturated rings. The Labute approximate surface area is 126 Å². The van der Waals surface area contributed by atoms with Crippen molar-refractivity contribution in [1.29, 1.82) is 0 Å². The second kappa shape index (κ2) is 7.14. The zero-order valence-electron chi connectivity index (χ0n) is 11.6. The Kier molecular flexibility index (Phi) is 5.24. The van der Waals surface area contributed by atoms with E-state index in [0.29, 0.717) is 34.4 Å². The summed E-state index contributed by atoms with van der Waals surface area (Å²) >= 11 is 1.28. The number of amides is 1. The highest BCUT2D eigenvalue weighted by molar-refractivity contribution is 7.13. The van der Waals surface area contributed by atoms with E-state index >= 15 is 0 Å². The van der Waals surface area contributed by atoms with Gasteiger partial charge in [-0.1, -0.05) is 0 Å². The molecule has 2 aromatic rings. The summed E-state index contributed by atoms with van der Waals surface area (Å²) in [5.74, 6) is 0.0631. The van der Waals surface area contributed by atoms with Gasteiger partial charge in [0, 0.05) is 13.1 Å². The van der Waals surface area contributed by atoms with E-state index < -0.39 is 0 Å². The monoisotopic (exact) mass is 309 g/mol. The standard InChI is InChI=1S/C14H16FN3O2S/c1-9-13(14(19)17-7-6-16)21-12(18-9)8-20-11-4-2-10(15)3-5-11/h2-5H,6-8,16H2,1H3,(H,17,19). The SMILES string of the molecule is Cc1nc(COc2ccc(F)cc2)sc1C(=O)NCCN. The predicted octanol–water partition coefficient (Wildman–Crippen LogP) is 1.86. The summed E-state index contributed by atoms with van der Waals surface area (Å²) < 4.78 is 18.3. The molecule has 2 rings (SSSR count). The lowest BCUT2D eigenvalue weighted by atomic mass is 10.3. The average molecular weight is 309 g/mol. The number of ether oxygens (including phenoxy) is 1. The van der Waals surface area contributed by atoms with Crippen LogP contribution < -0.4 is 15.8 Å². The van der Waals surface area contributed by atoms with Crippen molar-refractivity contribution in [2.75, 3.05) is 13.1 Å². The minimum absolute atomic E-state index is 0.177. The lowest BCUT2D eigenvalue weighted by Crippen LogP contribution is -2.28. The van der Waals surface area contributed by atoms with Gasteiger partial charge >= 0.3 is 0 Å². The van der Waals surface area contributed by atoms with Gasteiger partial charge in [-0.2, -0.15) is 0 Å². The van der Waals surface area contributed by atoms with Gasteiger partial charge in [0.2, 0.25) is 0 Å². The van der Waals surface area contributed by atoms with Gasteiger partial charge in [0.15, 0.2) is 0 Å². The number of carbonyl (C=O) groups is 1. The number of nitrogens with zero attached hydrogens (tertiary/aromatic N) is 1. The second-order valence-corrected chi connectivity index (χ2v) is 5.39. The summed E-state index contributed by atoms with van der Waals surface area (Å²) in [6.45, 7) is 2.83. The number of halogens is 1. The summed E-state index contributed by atoms with van der Waals surface area (Å²) in [4.78, 5) is 16.7. The van der Waals surface area contributed by atoms with Gasteiger partial charge in [-0.05, 0) is 31.2 Å². The van der Waals surface area contributed by atoms with Gasteiger partial charge in [0.1, 0.15) is 28.1 Å². The largest absolute Gasteiger partial charge is 0.486 e. The summed E-state index contributed by atoms with van der Waals surface area (Å²) in [5.41, 5.74) is 6.01. The van der Waals surface area contributed by atoms with Crippen LogP contribution >= 0.6 is 11.3 Å². The molecule has 1 amide bonds. The van der Waals surface area contributed by atoms with Crippen molar-refractivity contribution >= 4 is 17.2 Å². The normalized spacial score (nSPS) is 10.4. The Balaban J connectivity index is 1.98. The Morgan fingerprint density at radius 2 is 2.14 bits per heavy atom. The molecule has 21 heavy (non-hydrogen) atoms. The maximum Gasteiger partial charge on any atom is 0.263 e. The zero-order chi connectivity index (χ0) is 15.2. The first-order valence-corrected chi connectivity index (χ1v) is 7.24. The molecule has 3 N–H and O–H groups in total. The summed E-state index contributed by atoms with van der Waals surface area (Å²) in [6, 6.07) is 5.75. The molecule has 1 aromatic carbocycles. The number of thiazole rings is 1. The van der Waals surface area contributed by atoms with Crippen molar-refractivity contribution in [1.82, 2.24) is 10.3 Å². The number of benzene rings is 1. The van der Waals surface area contributed by atoms with Crippen LogP contribution in [-0.2, 0) is 6.61 Å². The lowest BCUT2D eigenvalue weighted by Gasteiger charge is -2.03. The molecule has 0 aliphatic rings. The van der Waals surface area contributed by atoms with Crippen LogP contribution in [0.1, 0.15) is 20.4 Å². The number of aryl methyl sites for hydroxylation is 1. The molecule has 0 aliphatic heterocycles. The first kappa shape index (κ1) is 15.4. The smallest absolute Gasteiger partial charge is 0.263 e. The number of carbonyl (C=O) groups excluding carboxylic acids is 1. The van der Waals surface area contributed by atoms with E-state index in [1.807, 2.05) is 0 Å². The van der Waals surface area contributed by atoms with Crippen LogP contribution in [0.4, 0.5) is 4.39 Å². The van der Waals surface area contributed by atoms with E-state index in [9.17, 15) is 9.18 Å². The third kappa shape index (κ3) is 4.24. The number of nitrogens with two attached hydrogens (primary N) is 1. The Bertz CT molecular complexity index is 613. The molecular formula is C14H16FN3O2S. The van der Waals surface area contributed by atoms with E-state index in [1.54, 1.807) is 19.1 Å². The average Bonchev–Trinajstić information content (AvgIpc) is 2.85. The maximum absolute atomic E-state index is 12.8. The van der Waals surface area contributed by atoms with Gasteiger partial charge in [-0.3, -0.25) is 4.79 Å². The number of rotatable bonds is 6. The Morgan fingerprint density at radius 1 is 1.43 bits per heavy atom. The van der Waals surface area contributed by atoms with Gasteiger partial charge < -0.3 is 15.8 Å².